The van der Waals surface area contributed by atoms with Crippen LogP contribution in [0.1, 0.15) is 16.7 Å². The summed E-state index contributed by atoms with van der Waals surface area (Å²) in [5.74, 6) is 0.208. The molecule has 0 unspecified atom stereocenters. The van der Waals surface area contributed by atoms with Gasteiger partial charge in [0.1, 0.15) is 10.6 Å². The minimum absolute atomic E-state index is 0.101. The first-order valence-electron chi connectivity index (χ1n) is 8.36. The maximum absolute atomic E-state index is 12.4. The van der Waals surface area contributed by atoms with Gasteiger partial charge in [0.05, 0.1) is 11.6 Å². The summed E-state index contributed by atoms with van der Waals surface area (Å²) in [6, 6.07) is 22.6. The Labute approximate surface area is 173 Å². The highest BCUT2D eigenvalue weighted by Gasteiger charge is 2.16. The van der Waals surface area contributed by atoms with Crippen molar-refractivity contribution in [1.29, 1.82) is 5.26 Å². The minimum Gasteiger partial charge on any atom is -0.379 e. The van der Waals surface area contributed by atoms with E-state index in [9.17, 15) is 13.7 Å². The number of rotatable bonds is 5. The number of aryl methyl sites for hydroxylation is 1. The summed E-state index contributed by atoms with van der Waals surface area (Å²) in [6.07, 6.45) is 1.74. The molecule has 0 bridgehead atoms. The summed E-state index contributed by atoms with van der Waals surface area (Å²) in [6.45, 7) is 1.88. The maximum Gasteiger partial charge on any atom is 0.339 e. The van der Waals surface area contributed by atoms with E-state index >= 15 is 0 Å². The van der Waals surface area contributed by atoms with E-state index in [0.717, 1.165) is 21.2 Å². The Morgan fingerprint density at radius 3 is 2.14 bits per heavy atom. The molecule has 0 atom stereocenters. The van der Waals surface area contributed by atoms with E-state index in [-0.39, 0.29) is 10.6 Å². The fraction of sp³-hybridized carbons (Fsp3) is 0.0455. The molecule has 0 aliphatic rings. The van der Waals surface area contributed by atoms with Crippen molar-refractivity contribution < 1.29 is 12.6 Å². The van der Waals surface area contributed by atoms with Gasteiger partial charge < -0.3 is 4.18 Å². The maximum atomic E-state index is 12.4. The lowest BCUT2D eigenvalue weighted by Crippen LogP contribution is -2.09. The molecule has 3 aromatic carbocycles. The first-order chi connectivity index (χ1) is 13.4. The summed E-state index contributed by atoms with van der Waals surface area (Å²) in [7, 11) is -3.89. The molecule has 0 aliphatic carbocycles. The predicted molar refractivity (Wildman–Crippen MR) is 113 cm³/mol. The highest BCUT2D eigenvalue weighted by atomic mass is 79.9. The van der Waals surface area contributed by atoms with Gasteiger partial charge in [-0.25, -0.2) is 0 Å². The Balaban J connectivity index is 1.80. The van der Waals surface area contributed by atoms with Crippen molar-refractivity contribution in [3.05, 3.63) is 94.0 Å². The van der Waals surface area contributed by atoms with Gasteiger partial charge in [-0.2, -0.15) is 13.7 Å². The molecule has 0 aromatic heterocycles. The molecule has 0 fully saturated rings. The molecule has 0 radical (unpaired) electrons. The summed E-state index contributed by atoms with van der Waals surface area (Å²) in [4.78, 5) is 0.101. The van der Waals surface area contributed by atoms with Gasteiger partial charge in [-0.05, 0) is 60.5 Å². The molecule has 0 saturated heterocycles. The Kier molecular flexibility index (Phi) is 5.98. The van der Waals surface area contributed by atoms with E-state index in [1.165, 1.54) is 12.1 Å². The average Bonchev–Trinajstić information content (AvgIpc) is 2.68. The lowest BCUT2D eigenvalue weighted by Gasteiger charge is -2.07. The van der Waals surface area contributed by atoms with E-state index in [1.54, 1.807) is 42.5 Å². The number of nitriles is 1. The number of halogens is 1. The lowest BCUT2D eigenvalue weighted by atomic mass is 10.0. The van der Waals surface area contributed by atoms with Crippen LogP contribution in [0.5, 0.6) is 5.75 Å². The molecule has 140 valence electrons. The first-order valence-corrected chi connectivity index (χ1v) is 10.6. The van der Waals surface area contributed by atoms with Crippen LogP contribution in [0.15, 0.2) is 82.2 Å². The van der Waals surface area contributed by atoms with Gasteiger partial charge >= 0.3 is 10.1 Å². The molecular weight excluding hydrogens is 438 g/mol. The Morgan fingerprint density at radius 2 is 1.57 bits per heavy atom. The van der Waals surface area contributed by atoms with E-state index in [4.69, 9.17) is 4.18 Å². The fourth-order valence-corrected chi connectivity index (χ4v) is 3.67. The van der Waals surface area contributed by atoms with Crippen LogP contribution in [0, 0.1) is 18.3 Å². The number of hydrogen-bond donors (Lipinski definition) is 0. The Hall–Kier alpha value is -2.88. The molecule has 0 heterocycles. The highest BCUT2D eigenvalue weighted by Crippen LogP contribution is 2.23. The molecule has 0 amide bonds. The third kappa shape index (κ3) is 4.89. The third-order valence-corrected chi connectivity index (χ3v) is 5.77. The largest absolute Gasteiger partial charge is 0.379 e. The number of benzene rings is 3. The molecule has 0 saturated carbocycles. The Bertz CT molecular complexity index is 1140. The van der Waals surface area contributed by atoms with Crippen molar-refractivity contribution in [2.75, 3.05) is 0 Å². The third-order valence-electron chi connectivity index (χ3n) is 3.98. The van der Waals surface area contributed by atoms with Crippen LogP contribution < -0.4 is 4.18 Å². The fourth-order valence-electron chi connectivity index (χ4n) is 2.48. The van der Waals surface area contributed by atoms with Crippen LogP contribution in [0.25, 0.3) is 11.6 Å². The van der Waals surface area contributed by atoms with Gasteiger partial charge in [0.2, 0.25) is 0 Å². The minimum atomic E-state index is -3.89. The average molecular weight is 454 g/mol. The summed E-state index contributed by atoms with van der Waals surface area (Å²) < 4.78 is 30.8. The Morgan fingerprint density at radius 1 is 0.964 bits per heavy atom. The molecule has 3 aromatic rings. The molecule has 0 aliphatic heterocycles. The number of hydrogen-bond acceptors (Lipinski definition) is 4. The van der Waals surface area contributed by atoms with Crippen LogP contribution >= 0.6 is 15.9 Å². The molecule has 0 spiro atoms. The molecular formula is C22H16BrNO3S. The first kappa shape index (κ1) is 19.9. The van der Waals surface area contributed by atoms with Crippen molar-refractivity contribution in [3.63, 3.8) is 0 Å². The van der Waals surface area contributed by atoms with Crippen LogP contribution in [-0.2, 0) is 10.1 Å². The van der Waals surface area contributed by atoms with Gasteiger partial charge in [0.15, 0.2) is 0 Å². The quantitative estimate of drug-likeness (QED) is 0.286. The molecule has 3 rings (SSSR count). The second-order valence-corrected chi connectivity index (χ2v) is 8.56. The van der Waals surface area contributed by atoms with Gasteiger partial charge in [-0.15, -0.1) is 0 Å². The van der Waals surface area contributed by atoms with E-state index in [0.29, 0.717) is 5.57 Å². The monoisotopic (exact) mass is 453 g/mol. The normalized spacial score (nSPS) is 11.7. The van der Waals surface area contributed by atoms with Crippen molar-refractivity contribution in [1.82, 2.24) is 0 Å². The van der Waals surface area contributed by atoms with Crippen molar-refractivity contribution in [2.24, 2.45) is 0 Å². The lowest BCUT2D eigenvalue weighted by molar-refractivity contribution is 0.486. The smallest absolute Gasteiger partial charge is 0.339 e. The zero-order chi connectivity index (χ0) is 20.1. The zero-order valence-electron chi connectivity index (χ0n) is 15.0. The topological polar surface area (TPSA) is 67.2 Å². The van der Waals surface area contributed by atoms with Crippen LogP contribution in [0.2, 0.25) is 0 Å². The van der Waals surface area contributed by atoms with Crippen molar-refractivity contribution in [2.45, 2.75) is 11.8 Å². The van der Waals surface area contributed by atoms with Gasteiger partial charge in [-0.3, -0.25) is 0 Å². The number of nitrogens with zero attached hydrogens (tertiary/aromatic N) is 1. The second kappa shape index (κ2) is 8.42. The van der Waals surface area contributed by atoms with Crippen LogP contribution in [-0.4, -0.2) is 8.42 Å². The van der Waals surface area contributed by atoms with Crippen LogP contribution in [0.4, 0.5) is 0 Å². The standard InChI is InChI=1S/C22H16BrNO3S/c1-16-2-12-22(13-3-16)28(25,26)27-21-10-4-17(5-11-21)14-19(15-24)18-6-8-20(23)9-7-18/h2-14H,1H3/b19-14+. The summed E-state index contributed by atoms with van der Waals surface area (Å²) >= 11 is 3.37. The SMILES string of the molecule is Cc1ccc(S(=O)(=O)Oc2ccc(/C=C(\C#N)c3ccc(Br)cc3)cc2)cc1. The predicted octanol–water partition coefficient (Wildman–Crippen LogP) is 5.59. The molecule has 4 nitrogen and oxygen atoms in total. The van der Waals surface area contributed by atoms with E-state index in [1.807, 2.05) is 31.2 Å². The van der Waals surface area contributed by atoms with Crippen molar-refractivity contribution >= 4 is 37.7 Å². The summed E-state index contributed by atoms with van der Waals surface area (Å²) in [5, 5.41) is 9.43. The zero-order valence-corrected chi connectivity index (χ0v) is 17.4. The van der Waals surface area contributed by atoms with Crippen molar-refractivity contribution in [3.8, 4) is 11.8 Å². The molecule has 6 heteroatoms. The van der Waals surface area contributed by atoms with E-state index in [2.05, 4.69) is 22.0 Å². The molecule has 0 N–H and O–H groups in total. The van der Waals surface area contributed by atoms with Gasteiger partial charge in [0.25, 0.3) is 0 Å². The van der Waals surface area contributed by atoms with Crippen LogP contribution in [0.3, 0.4) is 0 Å². The number of allylic oxidation sites excluding steroid dienone is 1. The summed E-state index contributed by atoms with van der Waals surface area (Å²) in [5.41, 5.74) is 3.04. The second-order valence-electron chi connectivity index (χ2n) is 6.10. The van der Waals surface area contributed by atoms with Gasteiger partial charge in [-0.1, -0.05) is 57.9 Å². The molecule has 28 heavy (non-hydrogen) atoms. The highest BCUT2D eigenvalue weighted by molar-refractivity contribution is 9.10. The van der Waals surface area contributed by atoms with E-state index < -0.39 is 10.1 Å². The van der Waals surface area contributed by atoms with Gasteiger partial charge in [0, 0.05) is 4.47 Å².